The maximum Gasteiger partial charge on any atom is 0.308 e. The number of carbonyl (C=O) groups is 1. The minimum absolute atomic E-state index is 0.107. The Balaban J connectivity index is 1.73. The third kappa shape index (κ3) is 4.95. The van der Waals surface area contributed by atoms with Crippen LogP contribution in [0, 0.1) is 11.8 Å². The lowest BCUT2D eigenvalue weighted by molar-refractivity contribution is -0.145. The van der Waals surface area contributed by atoms with E-state index in [2.05, 4.69) is 72.5 Å². The van der Waals surface area contributed by atoms with Gasteiger partial charge in [0.25, 0.3) is 0 Å². The Morgan fingerprint density at radius 1 is 1.04 bits per heavy atom. The highest BCUT2D eigenvalue weighted by Gasteiger charge is 2.33. The summed E-state index contributed by atoms with van der Waals surface area (Å²) in [5.74, 6) is -0.405. The predicted molar refractivity (Wildman–Crippen MR) is 105 cm³/mol. The van der Waals surface area contributed by atoms with Crippen molar-refractivity contribution >= 4 is 5.97 Å². The number of aliphatic carboxylic acids is 1. The Labute approximate surface area is 156 Å². The average Bonchev–Trinajstić information content (AvgIpc) is 2.65. The zero-order valence-electron chi connectivity index (χ0n) is 15.6. The number of carboxylic acids is 1. The van der Waals surface area contributed by atoms with Crippen LogP contribution in [0.1, 0.15) is 30.9 Å². The van der Waals surface area contributed by atoms with E-state index in [0.717, 1.165) is 38.8 Å². The van der Waals surface area contributed by atoms with E-state index in [-0.39, 0.29) is 12.0 Å². The van der Waals surface area contributed by atoms with Crippen LogP contribution < -0.4 is 0 Å². The molecule has 138 valence electrons. The van der Waals surface area contributed by atoms with E-state index in [1.54, 1.807) is 0 Å². The highest BCUT2D eigenvalue weighted by atomic mass is 16.4. The van der Waals surface area contributed by atoms with Crippen molar-refractivity contribution in [2.45, 2.75) is 38.6 Å². The van der Waals surface area contributed by atoms with Crippen molar-refractivity contribution in [1.29, 1.82) is 0 Å². The molecule has 3 heteroatoms. The standard InChI is InChI=1S/C23H29NO2/c1-18-22(23(25)26)13-8-14-24(18)17-21(15-19-9-4-2-5-10-19)16-20-11-6-3-7-12-20/h2-7,9-12,18,21-22H,8,13-17H2,1H3,(H,25,26)/t18-,22-/m1/s1. The topological polar surface area (TPSA) is 40.5 Å². The molecule has 1 N–H and O–H groups in total. The number of rotatable bonds is 7. The van der Waals surface area contributed by atoms with Gasteiger partial charge in [-0.2, -0.15) is 0 Å². The van der Waals surface area contributed by atoms with Gasteiger partial charge in [0.15, 0.2) is 0 Å². The Bertz CT molecular complexity index is 644. The van der Waals surface area contributed by atoms with E-state index in [4.69, 9.17) is 0 Å². The number of likely N-dealkylation sites (tertiary alicyclic amines) is 1. The van der Waals surface area contributed by atoms with Crippen molar-refractivity contribution in [1.82, 2.24) is 4.90 Å². The number of carboxylic acid groups (broad SMARTS) is 1. The monoisotopic (exact) mass is 351 g/mol. The molecule has 2 atom stereocenters. The van der Waals surface area contributed by atoms with Crippen LogP contribution in [0.15, 0.2) is 60.7 Å². The molecule has 3 rings (SSSR count). The molecule has 1 aliphatic heterocycles. The number of piperidine rings is 1. The molecule has 0 saturated carbocycles. The van der Waals surface area contributed by atoms with Gasteiger partial charge in [0.1, 0.15) is 0 Å². The molecule has 2 aromatic carbocycles. The van der Waals surface area contributed by atoms with Crippen molar-refractivity contribution in [3.63, 3.8) is 0 Å². The molecule has 1 saturated heterocycles. The Morgan fingerprint density at radius 3 is 2.08 bits per heavy atom. The molecule has 3 nitrogen and oxygen atoms in total. The van der Waals surface area contributed by atoms with Crippen LogP contribution in [0.4, 0.5) is 0 Å². The fraction of sp³-hybridized carbons (Fsp3) is 0.435. The molecular weight excluding hydrogens is 322 g/mol. The van der Waals surface area contributed by atoms with Crippen LogP contribution in [-0.2, 0) is 17.6 Å². The first-order valence-electron chi connectivity index (χ1n) is 9.68. The number of nitrogens with zero attached hydrogens (tertiary/aromatic N) is 1. The van der Waals surface area contributed by atoms with Gasteiger partial charge < -0.3 is 5.11 Å². The molecule has 1 heterocycles. The lowest BCUT2D eigenvalue weighted by Crippen LogP contribution is -2.48. The van der Waals surface area contributed by atoms with E-state index in [0.29, 0.717) is 5.92 Å². The molecular formula is C23H29NO2. The third-order valence-corrected chi connectivity index (χ3v) is 5.66. The second kappa shape index (κ2) is 9.00. The number of hydrogen-bond donors (Lipinski definition) is 1. The van der Waals surface area contributed by atoms with Crippen LogP contribution in [0.5, 0.6) is 0 Å². The van der Waals surface area contributed by atoms with Crippen LogP contribution in [0.3, 0.4) is 0 Å². The zero-order chi connectivity index (χ0) is 18.4. The summed E-state index contributed by atoms with van der Waals surface area (Å²) in [5.41, 5.74) is 2.71. The molecule has 0 bridgehead atoms. The lowest BCUT2D eigenvalue weighted by atomic mass is 9.87. The average molecular weight is 351 g/mol. The molecule has 0 radical (unpaired) electrons. The lowest BCUT2D eigenvalue weighted by Gasteiger charge is -2.39. The van der Waals surface area contributed by atoms with Crippen molar-refractivity contribution in [3.8, 4) is 0 Å². The van der Waals surface area contributed by atoms with Crippen molar-refractivity contribution in [2.24, 2.45) is 11.8 Å². The maximum absolute atomic E-state index is 11.6. The summed E-state index contributed by atoms with van der Waals surface area (Å²) in [6.45, 7) is 4.04. The van der Waals surface area contributed by atoms with Crippen LogP contribution in [0.2, 0.25) is 0 Å². The molecule has 0 amide bonds. The number of hydrogen-bond acceptors (Lipinski definition) is 2. The fourth-order valence-electron chi connectivity index (χ4n) is 4.23. The Morgan fingerprint density at radius 2 is 1.58 bits per heavy atom. The van der Waals surface area contributed by atoms with Crippen LogP contribution in [-0.4, -0.2) is 35.1 Å². The quantitative estimate of drug-likeness (QED) is 0.810. The summed E-state index contributed by atoms with van der Waals surface area (Å²) >= 11 is 0. The van der Waals surface area contributed by atoms with Gasteiger partial charge in [0.2, 0.25) is 0 Å². The van der Waals surface area contributed by atoms with Gasteiger partial charge in [-0.25, -0.2) is 0 Å². The minimum atomic E-state index is -0.648. The first kappa shape index (κ1) is 18.7. The third-order valence-electron chi connectivity index (χ3n) is 5.66. The SMILES string of the molecule is C[C@@H]1[C@H](C(=O)O)CCCN1CC(Cc1ccccc1)Cc1ccccc1. The summed E-state index contributed by atoms with van der Waals surface area (Å²) in [6, 6.07) is 21.4. The van der Waals surface area contributed by atoms with Gasteiger partial charge >= 0.3 is 5.97 Å². The second-order valence-corrected chi connectivity index (χ2v) is 7.57. The van der Waals surface area contributed by atoms with Gasteiger partial charge in [0, 0.05) is 12.6 Å². The van der Waals surface area contributed by atoms with E-state index >= 15 is 0 Å². The van der Waals surface area contributed by atoms with Crippen molar-refractivity contribution < 1.29 is 9.90 Å². The van der Waals surface area contributed by atoms with E-state index in [9.17, 15) is 9.90 Å². The van der Waals surface area contributed by atoms with E-state index < -0.39 is 5.97 Å². The number of benzene rings is 2. The largest absolute Gasteiger partial charge is 0.481 e. The predicted octanol–water partition coefficient (Wildman–Crippen LogP) is 4.27. The Hall–Kier alpha value is -2.13. The summed E-state index contributed by atoms with van der Waals surface area (Å²) in [4.78, 5) is 14.0. The summed E-state index contributed by atoms with van der Waals surface area (Å²) in [5, 5.41) is 9.50. The molecule has 0 unspecified atom stereocenters. The molecule has 26 heavy (non-hydrogen) atoms. The molecule has 0 spiro atoms. The first-order chi connectivity index (χ1) is 12.6. The maximum atomic E-state index is 11.6. The highest BCUT2D eigenvalue weighted by molar-refractivity contribution is 5.70. The van der Waals surface area contributed by atoms with E-state index in [1.165, 1.54) is 11.1 Å². The molecule has 1 aliphatic rings. The van der Waals surface area contributed by atoms with Crippen LogP contribution >= 0.6 is 0 Å². The minimum Gasteiger partial charge on any atom is -0.481 e. The smallest absolute Gasteiger partial charge is 0.308 e. The molecule has 0 aliphatic carbocycles. The van der Waals surface area contributed by atoms with Crippen molar-refractivity contribution in [3.05, 3.63) is 71.8 Å². The van der Waals surface area contributed by atoms with Crippen molar-refractivity contribution in [2.75, 3.05) is 13.1 Å². The fourth-order valence-corrected chi connectivity index (χ4v) is 4.23. The van der Waals surface area contributed by atoms with Crippen LogP contribution in [0.25, 0.3) is 0 Å². The molecule has 0 aromatic heterocycles. The second-order valence-electron chi connectivity index (χ2n) is 7.57. The first-order valence-corrected chi connectivity index (χ1v) is 9.68. The molecule has 1 fully saturated rings. The van der Waals surface area contributed by atoms with Gasteiger partial charge in [-0.1, -0.05) is 60.7 Å². The summed E-state index contributed by atoms with van der Waals surface area (Å²) < 4.78 is 0. The van der Waals surface area contributed by atoms with Gasteiger partial charge in [-0.15, -0.1) is 0 Å². The van der Waals surface area contributed by atoms with Gasteiger partial charge in [-0.05, 0) is 56.2 Å². The Kier molecular flexibility index (Phi) is 6.45. The summed E-state index contributed by atoms with van der Waals surface area (Å²) in [7, 11) is 0. The highest BCUT2D eigenvalue weighted by Crippen LogP contribution is 2.26. The van der Waals surface area contributed by atoms with Gasteiger partial charge in [0.05, 0.1) is 5.92 Å². The summed E-state index contributed by atoms with van der Waals surface area (Å²) in [6.07, 6.45) is 3.83. The molecule has 2 aromatic rings. The van der Waals surface area contributed by atoms with E-state index in [1.807, 2.05) is 0 Å². The van der Waals surface area contributed by atoms with Gasteiger partial charge in [-0.3, -0.25) is 9.69 Å². The normalized spacial score (nSPS) is 21.0. The zero-order valence-corrected chi connectivity index (χ0v) is 15.6.